The molecule has 1 fully saturated rings. The summed E-state index contributed by atoms with van der Waals surface area (Å²) >= 11 is 0. The molecule has 2 amide bonds. The zero-order valence-electron chi connectivity index (χ0n) is 10.9. The molecule has 1 heterocycles. The molecule has 1 aliphatic rings. The van der Waals surface area contributed by atoms with E-state index in [-0.39, 0.29) is 23.8 Å². The molecule has 1 aliphatic heterocycles. The molecule has 0 bridgehead atoms. The Balaban J connectivity index is 2.80. The van der Waals surface area contributed by atoms with Gasteiger partial charge in [-0.15, -0.1) is 0 Å². The molecule has 0 radical (unpaired) electrons. The minimum atomic E-state index is -0.576. The van der Waals surface area contributed by atoms with E-state index in [1.54, 1.807) is 4.90 Å². The van der Waals surface area contributed by atoms with Gasteiger partial charge >= 0.3 is 0 Å². The summed E-state index contributed by atoms with van der Waals surface area (Å²) in [6.45, 7) is 6.39. The number of carbonyl (C=O) groups is 2. The van der Waals surface area contributed by atoms with E-state index < -0.39 is 5.41 Å². The maximum atomic E-state index is 12.3. The zero-order valence-corrected chi connectivity index (χ0v) is 10.9. The summed E-state index contributed by atoms with van der Waals surface area (Å²) in [4.78, 5) is 25.3. The first-order chi connectivity index (χ1) is 7.79. The van der Waals surface area contributed by atoms with E-state index in [2.05, 4.69) is 0 Å². The number of hydrogen-bond donors (Lipinski definition) is 2. The van der Waals surface area contributed by atoms with E-state index in [0.717, 1.165) is 12.8 Å². The third-order valence-electron chi connectivity index (χ3n) is 3.63. The van der Waals surface area contributed by atoms with Gasteiger partial charge in [0, 0.05) is 19.1 Å². The van der Waals surface area contributed by atoms with Crippen LogP contribution in [0, 0.1) is 11.3 Å². The van der Waals surface area contributed by atoms with Crippen molar-refractivity contribution in [3.05, 3.63) is 0 Å². The minimum absolute atomic E-state index is 0.0125. The van der Waals surface area contributed by atoms with Crippen molar-refractivity contribution in [1.29, 1.82) is 0 Å². The van der Waals surface area contributed by atoms with Gasteiger partial charge in [0.15, 0.2) is 0 Å². The van der Waals surface area contributed by atoms with Gasteiger partial charge in [-0.25, -0.2) is 0 Å². The maximum absolute atomic E-state index is 12.3. The molecule has 17 heavy (non-hydrogen) atoms. The van der Waals surface area contributed by atoms with Gasteiger partial charge < -0.3 is 16.4 Å². The Bertz CT molecular complexity index is 315. The number of nitrogens with zero attached hydrogens (tertiary/aromatic N) is 1. The molecule has 98 valence electrons. The molecule has 5 nitrogen and oxygen atoms in total. The monoisotopic (exact) mass is 241 g/mol. The van der Waals surface area contributed by atoms with Crippen molar-refractivity contribution in [3.63, 3.8) is 0 Å². The quantitative estimate of drug-likeness (QED) is 0.733. The highest BCUT2D eigenvalue weighted by molar-refractivity contribution is 5.84. The lowest BCUT2D eigenvalue weighted by Gasteiger charge is -2.40. The summed E-state index contributed by atoms with van der Waals surface area (Å²) < 4.78 is 0. The first-order valence-electron chi connectivity index (χ1n) is 6.10. The third-order valence-corrected chi connectivity index (χ3v) is 3.63. The van der Waals surface area contributed by atoms with Gasteiger partial charge in [0.2, 0.25) is 11.8 Å². The molecule has 5 heteroatoms. The highest BCUT2D eigenvalue weighted by Crippen LogP contribution is 2.26. The fourth-order valence-electron chi connectivity index (χ4n) is 2.10. The first kappa shape index (κ1) is 14.0. The Hall–Kier alpha value is -1.10. The van der Waals surface area contributed by atoms with Gasteiger partial charge in [-0.3, -0.25) is 9.59 Å². The van der Waals surface area contributed by atoms with Crippen LogP contribution in [0.2, 0.25) is 0 Å². The van der Waals surface area contributed by atoms with E-state index in [0.29, 0.717) is 13.1 Å². The van der Waals surface area contributed by atoms with Crippen LogP contribution in [0.3, 0.4) is 0 Å². The van der Waals surface area contributed by atoms with E-state index in [1.165, 1.54) is 0 Å². The standard InChI is InChI=1S/C12H23N3O2/c1-8-4-5-9(10(14)16)6-15(8)11(17)12(2,3)7-13/h8-9H,4-7,13H2,1-3H3,(H2,14,16). The Morgan fingerprint density at radius 1 is 1.35 bits per heavy atom. The van der Waals surface area contributed by atoms with Crippen LogP contribution in [0.25, 0.3) is 0 Å². The smallest absolute Gasteiger partial charge is 0.229 e. The molecule has 1 saturated heterocycles. The van der Waals surface area contributed by atoms with Crippen LogP contribution in [-0.4, -0.2) is 35.8 Å². The second kappa shape index (κ2) is 5.04. The Morgan fingerprint density at radius 3 is 2.41 bits per heavy atom. The second-order valence-corrected chi connectivity index (χ2v) is 5.57. The van der Waals surface area contributed by atoms with E-state index in [9.17, 15) is 9.59 Å². The summed E-state index contributed by atoms with van der Waals surface area (Å²) in [5.41, 5.74) is 10.4. The van der Waals surface area contributed by atoms with Gasteiger partial charge in [-0.1, -0.05) is 0 Å². The molecule has 0 aromatic rings. The van der Waals surface area contributed by atoms with Crippen molar-refractivity contribution < 1.29 is 9.59 Å². The van der Waals surface area contributed by atoms with Crippen molar-refractivity contribution in [3.8, 4) is 0 Å². The lowest BCUT2D eigenvalue weighted by molar-refractivity contribution is -0.145. The van der Waals surface area contributed by atoms with Gasteiger partial charge in [0.05, 0.1) is 11.3 Å². The minimum Gasteiger partial charge on any atom is -0.369 e. The normalized spacial score (nSPS) is 25.8. The van der Waals surface area contributed by atoms with Crippen molar-refractivity contribution in [2.45, 2.75) is 39.7 Å². The van der Waals surface area contributed by atoms with Gasteiger partial charge in [0.1, 0.15) is 0 Å². The Morgan fingerprint density at radius 2 is 1.94 bits per heavy atom. The fourth-order valence-corrected chi connectivity index (χ4v) is 2.10. The molecule has 2 atom stereocenters. The fraction of sp³-hybridized carbons (Fsp3) is 0.833. The highest BCUT2D eigenvalue weighted by Gasteiger charge is 2.37. The lowest BCUT2D eigenvalue weighted by atomic mass is 9.87. The number of amides is 2. The SMILES string of the molecule is CC1CCC(C(N)=O)CN1C(=O)C(C)(C)CN. The maximum Gasteiger partial charge on any atom is 0.229 e. The average molecular weight is 241 g/mol. The van der Waals surface area contributed by atoms with Crippen LogP contribution in [-0.2, 0) is 9.59 Å². The number of likely N-dealkylation sites (tertiary alicyclic amines) is 1. The van der Waals surface area contributed by atoms with Crippen LogP contribution in [0.15, 0.2) is 0 Å². The molecule has 1 rings (SSSR count). The van der Waals surface area contributed by atoms with Crippen molar-refractivity contribution in [2.75, 3.05) is 13.1 Å². The Labute approximate surface area is 103 Å². The first-order valence-corrected chi connectivity index (χ1v) is 6.10. The van der Waals surface area contributed by atoms with E-state index >= 15 is 0 Å². The lowest BCUT2D eigenvalue weighted by Crippen LogP contribution is -2.53. The molecule has 2 unspecified atom stereocenters. The zero-order chi connectivity index (χ0) is 13.2. The molecule has 0 spiro atoms. The van der Waals surface area contributed by atoms with Crippen LogP contribution < -0.4 is 11.5 Å². The summed E-state index contributed by atoms with van der Waals surface area (Å²) in [5, 5.41) is 0. The van der Waals surface area contributed by atoms with Crippen molar-refractivity contribution >= 4 is 11.8 Å². The molecule has 4 N–H and O–H groups in total. The van der Waals surface area contributed by atoms with Crippen LogP contribution in [0.4, 0.5) is 0 Å². The molecular weight excluding hydrogens is 218 g/mol. The number of carbonyl (C=O) groups excluding carboxylic acids is 2. The van der Waals surface area contributed by atoms with Gasteiger partial charge in [0.25, 0.3) is 0 Å². The molecule has 0 aromatic heterocycles. The number of nitrogens with two attached hydrogens (primary N) is 2. The van der Waals surface area contributed by atoms with Gasteiger partial charge in [-0.05, 0) is 33.6 Å². The third kappa shape index (κ3) is 2.97. The summed E-state index contributed by atoms with van der Waals surface area (Å²) in [7, 11) is 0. The molecular formula is C12H23N3O2. The van der Waals surface area contributed by atoms with Crippen LogP contribution in [0.1, 0.15) is 33.6 Å². The average Bonchev–Trinajstić information content (AvgIpc) is 2.28. The number of piperidine rings is 1. The number of rotatable bonds is 3. The van der Waals surface area contributed by atoms with Crippen LogP contribution >= 0.6 is 0 Å². The largest absolute Gasteiger partial charge is 0.369 e. The van der Waals surface area contributed by atoms with Gasteiger partial charge in [-0.2, -0.15) is 0 Å². The summed E-state index contributed by atoms with van der Waals surface area (Å²) in [5.74, 6) is -0.526. The second-order valence-electron chi connectivity index (χ2n) is 5.57. The summed E-state index contributed by atoms with van der Waals surface area (Å²) in [6, 6.07) is 0.156. The Kier molecular flexibility index (Phi) is 4.14. The number of primary amides is 1. The highest BCUT2D eigenvalue weighted by atomic mass is 16.2. The predicted octanol–water partition coefficient (Wildman–Crippen LogP) is 0.0837. The van der Waals surface area contributed by atoms with E-state index in [1.807, 2.05) is 20.8 Å². The van der Waals surface area contributed by atoms with Crippen LogP contribution in [0.5, 0.6) is 0 Å². The molecule has 0 aliphatic carbocycles. The molecule has 0 saturated carbocycles. The summed E-state index contributed by atoms with van der Waals surface area (Å²) in [6.07, 6.45) is 1.59. The van der Waals surface area contributed by atoms with E-state index in [4.69, 9.17) is 11.5 Å². The molecule has 0 aromatic carbocycles. The number of hydrogen-bond acceptors (Lipinski definition) is 3. The van der Waals surface area contributed by atoms with Crippen molar-refractivity contribution in [2.24, 2.45) is 22.8 Å². The van der Waals surface area contributed by atoms with Crippen molar-refractivity contribution in [1.82, 2.24) is 4.90 Å². The predicted molar refractivity (Wildman–Crippen MR) is 65.9 cm³/mol. The topological polar surface area (TPSA) is 89.4 Å².